The first kappa shape index (κ1) is 11.0. The molecule has 2 heterocycles. The van der Waals surface area contributed by atoms with Crippen molar-refractivity contribution in [1.82, 2.24) is 15.1 Å². The summed E-state index contributed by atoms with van der Waals surface area (Å²) in [5.74, 6) is 1.28. The highest BCUT2D eigenvalue weighted by Gasteiger charge is 2.39. The summed E-state index contributed by atoms with van der Waals surface area (Å²) in [4.78, 5) is 0. The van der Waals surface area contributed by atoms with Gasteiger partial charge in [0.2, 0.25) is 0 Å². The number of hydrogen-bond acceptors (Lipinski definition) is 3. The SMILES string of the molecule is CNC(c1ccnn1C)C1(C)CCCS1. The first-order valence-corrected chi connectivity index (χ1v) is 6.45. The minimum absolute atomic E-state index is 0.322. The zero-order valence-electron chi connectivity index (χ0n) is 9.66. The first-order valence-electron chi connectivity index (χ1n) is 5.46. The second kappa shape index (κ2) is 4.18. The molecule has 0 bridgehead atoms. The van der Waals surface area contributed by atoms with Crippen LogP contribution in [0, 0.1) is 0 Å². The Kier molecular flexibility index (Phi) is 3.07. The maximum absolute atomic E-state index is 4.26. The molecule has 2 unspecified atom stereocenters. The van der Waals surface area contributed by atoms with Gasteiger partial charge in [0.05, 0.1) is 11.7 Å². The van der Waals surface area contributed by atoms with Crippen molar-refractivity contribution in [2.45, 2.75) is 30.6 Å². The summed E-state index contributed by atoms with van der Waals surface area (Å²) >= 11 is 2.08. The highest BCUT2D eigenvalue weighted by Crippen LogP contribution is 2.46. The van der Waals surface area contributed by atoms with Crippen LogP contribution in [0.5, 0.6) is 0 Å². The molecule has 4 heteroatoms. The second-order valence-corrected chi connectivity index (χ2v) is 6.00. The molecule has 2 atom stereocenters. The predicted octanol–water partition coefficient (Wildman–Crippen LogP) is 1.97. The third-order valence-corrected chi connectivity index (χ3v) is 4.90. The van der Waals surface area contributed by atoms with E-state index in [1.165, 1.54) is 24.3 Å². The van der Waals surface area contributed by atoms with Crippen LogP contribution in [0.2, 0.25) is 0 Å². The van der Waals surface area contributed by atoms with Crippen molar-refractivity contribution in [2.75, 3.05) is 12.8 Å². The minimum atomic E-state index is 0.322. The van der Waals surface area contributed by atoms with E-state index in [0.29, 0.717) is 10.8 Å². The molecular formula is C11H19N3S. The first-order chi connectivity index (χ1) is 7.17. The average Bonchev–Trinajstić information content (AvgIpc) is 2.79. The van der Waals surface area contributed by atoms with Gasteiger partial charge in [-0.1, -0.05) is 0 Å². The van der Waals surface area contributed by atoms with Crippen LogP contribution in [-0.2, 0) is 7.05 Å². The lowest BCUT2D eigenvalue weighted by Crippen LogP contribution is -2.36. The Morgan fingerprint density at radius 3 is 2.93 bits per heavy atom. The number of nitrogens with zero attached hydrogens (tertiary/aromatic N) is 2. The molecule has 3 nitrogen and oxygen atoms in total. The van der Waals surface area contributed by atoms with Crippen LogP contribution in [0.15, 0.2) is 12.3 Å². The summed E-state index contributed by atoms with van der Waals surface area (Å²) in [6.45, 7) is 2.36. The molecule has 0 radical (unpaired) electrons. The molecule has 1 aliphatic heterocycles. The molecule has 0 spiro atoms. The Morgan fingerprint density at radius 1 is 1.67 bits per heavy atom. The van der Waals surface area contributed by atoms with E-state index in [0.717, 1.165) is 0 Å². The fourth-order valence-electron chi connectivity index (χ4n) is 2.46. The Hall–Kier alpha value is -0.480. The smallest absolute Gasteiger partial charge is 0.0635 e. The van der Waals surface area contributed by atoms with E-state index < -0.39 is 0 Å². The fraction of sp³-hybridized carbons (Fsp3) is 0.727. The Balaban J connectivity index is 2.27. The van der Waals surface area contributed by atoms with Crippen LogP contribution < -0.4 is 5.32 Å². The highest BCUT2D eigenvalue weighted by molar-refractivity contribution is 8.00. The van der Waals surface area contributed by atoms with E-state index >= 15 is 0 Å². The lowest BCUT2D eigenvalue weighted by atomic mass is 9.93. The summed E-state index contributed by atoms with van der Waals surface area (Å²) in [6, 6.07) is 2.52. The number of nitrogens with one attached hydrogen (secondary N) is 1. The van der Waals surface area contributed by atoms with E-state index in [9.17, 15) is 0 Å². The van der Waals surface area contributed by atoms with Crippen LogP contribution in [0.1, 0.15) is 31.5 Å². The topological polar surface area (TPSA) is 29.9 Å². The normalized spacial score (nSPS) is 28.2. The number of aryl methyl sites for hydroxylation is 1. The van der Waals surface area contributed by atoms with E-state index in [-0.39, 0.29) is 0 Å². The van der Waals surface area contributed by atoms with Crippen molar-refractivity contribution < 1.29 is 0 Å². The molecule has 1 aromatic heterocycles. The lowest BCUT2D eigenvalue weighted by molar-refractivity contribution is 0.417. The van der Waals surface area contributed by atoms with Crippen molar-refractivity contribution in [3.8, 4) is 0 Å². The average molecular weight is 225 g/mol. The van der Waals surface area contributed by atoms with Crippen LogP contribution in [-0.4, -0.2) is 27.3 Å². The summed E-state index contributed by atoms with van der Waals surface area (Å²) in [5.41, 5.74) is 1.29. The van der Waals surface area contributed by atoms with Gasteiger partial charge in [0.1, 0.15) is 0 Å². The molecule has 1 aromatic rings. The molecule has 1 saturated heterocycles. The molecule has 1 N–H and O–H groups in total. The van der Waals surface area contributed by atoms with E-state index in [1.807, 2.05) is 25.0 Å². The van der Waals surface area contributed by atoms with Gasteiger partial charge in [0, 0.05) is 18.0 Å². The largest absolute Gasteiger partial charge is 0.311 e. The standard InChI is InChI=1S/C11H19N3S/c1-11(6-4-8-15-11)10(12-2)9-5-7-13-14(9)3/h5,7,10,12H,4,6,8H2,1-3H3. The number of rotatable bonds is 3. The number of hydrogen-bond donors (Lipinski definition) is 1. The fourth-order valence-corrected chi connectivity index (χ4v) is 3.91. The zero-order valence-corrected chi connectivity index (χ0v) is 10.5. The van der Waals surface area contributed by atoms with Crippen LogP contribution in [0.25, 0.3) is 0 Å². The number of thioether (sulfide) groups is 1. The second-order valence-electron chi connectivity index (χ2n) is 4.37. The van der Waals surface area contributed by atoms with Gasteiger partial charge in [-0.3, -0.25) is 4.68 Å². The summed E-state index contributed by atoms with van der Waals surface area (Å²) < 4.78 is 2.30. The van der Waals surface area contributed by atoms with Gasteiger partial charge in [-0.05, 0) is 38.6 Å². The Labute approximate surface area is 95.6 Å². The van der Waals surface area contributed by atoms with Crippen molar-refractivity contribution in [3.63, 3.8) is 0 Å². The van der Waals surface area contributed by atoms with Crippen LogP contribution in [0.3, 0.4) is 0 Å². The molecule has 0 aromatic carbocycles. The van der Waals surface area contributed by atoms with Gasteiger partial charge < -0.3 is 5.32 Å². The molecule has 1 aliphatic rings. The van der Waals surface area contributed by atoms with Crippen LogP contribution in [0.4, 0.5) is 0 Å². The Morgan fingerprint density at radius 2 is 2.47 bits per heavy atom. The monoisotopic (exact) mass is 225 g/mol. The van der Waals surface area contributed by atoms with Crippen LogP contribution >= 0.6 is 11.8 Å². The van der Waals surface area contributed by atoms with E-state index in [2.05, 4.69) is 35.2 Å². The van der Waals surface area contributed by atoms with Gasteiger partial charge in [0.15, 0.2) is 0 Å². The maximum atomic E-state index is 4.26. The third kappa shape index (κ3) is 1.93. The van der Waals surface area contributed by atoms with Gasteiger partial charge in [0.25, 0.3) is 0 Å². The maximum Gasteiger partial charge on any atom is 0.0635 e. The molecule has 0 amide bonds. The minimum Gasteiger partial charge on any atom is -0.311 e. The van der Waals surface area contributed by atoms with Crippen molar-refractivity contribution in [2.24, 2.45) is 7.05 Å². The molecule has 2 rings (SSSR count). The quantitative estimate of drug-likeness (QED) is 0.853. The molecule has 1 fully saturated rings. The lowest BCUT2D eigenvalue weighted by Gasteiger charge is -2.33. The summed E-state index contributed by atoms with van der Waals surface area (Å²) in [7, 11) is 4.06. The van der Waals surface area contributed by atoms with Crippen molar-refractivity contribution >= 4 is 11.8 Å². The van der Waals surface area contributed by atoms with Gasteiger partial charge in [-0.2, -0.15) is 16.9 Å². The van der Waals surface area contributed by atoms with Gasteiger partial charge in [-0.25, -0.2) is 0 Å². The van der Waals surface area contributed by atoms with E-state index in [4.69, 9.17) is 0 Å². The van der Waals surface area contributed by atoms with Gasteiger partial charge in [-0.15, -0.1) is 0 Å². The molecule has 84 valence electrons. The Bertz CT molecular complexity index is 328. The summed E-state index contributed by atoms with van der Waals surface area (Å²) in [6.07, 6.45) is 4.49. The highest BCUT2D eigenvalue weighted by atomic mass is 32.2. The van der Waals surface area contributed by atoms with E-state index in [1.54, 1.807) is 0 Å². The predicted molar refractivity (Wildman–Crippen MR) is 65.1 cm³/mol. The third-order valence-electron chi connectivity index (χ3n) is 3.30. The molecular weight excluding hydrogens is 206 g/mol. The number of aromatic nitrogens is 2. The van der Waals surface area contributed by atoms with Crippen molar-refractivity contribution in [3.05, 3.63) is 18.0 Å². The van der Waals surface area contributed by atoms with Gasteiger partial charge >= 0.3 is 0 Å². The molecule has 15 heavy (non-hydrogen) atoms. The summed E-state index contributed by atoms with van der Waals surface area (Å²) in [5, 5.41) is 7.70. The zero-order chi connectivity index (χ0) is 10.9. The van der Waals surface area contributed by atoms with Crippen molar-refractivity contribution in [1.29, 1.82) is 0 Å². The molecule has 0 saturated carbocycles. The molecule has 0 aliphatic carbocycles.